The zero-order valence-electron chi connectivity index (χ0n) is 6.35. The molecule has 0 spiro atoms. The Kier molecular flexibility index (Phi) is 2.46. The monoisotopic (exact) mass is 204 g/mol. The molecule has 1 N–H and O–H groups in total. The zero-order chi connectivity index (χ0) is 9.35. The lowest BCUT2D eigenvalue weighted by Gasteiger charge is -2.03. The van der Waals surface area contributed by atoms with Gasteiger partial charge in [0, 0.05) is 4.90 Å². The van der Waals surface area contributed by atoms with Crippen molar-refractivity contribution in [2.24, 2.45) is 0 Å². The molecule has 0 saturated carbocycles. The van der Waals surface area contributed by atoms with Crippen molar-refractivity contribution in [3.05, 3.63) is 23.8 Å². The first-order chi connectivity index (χ1) is 5.43. The van der Waals surface area contributed by atoms with Crippen LogP contribution in [0, 0.1) is 6.92 Å². The highest BCUT2D eigenvalue weighted by Gasteiger charge is 2.15. The first kappa shape index (κ1) is 9.57. The van der Waals surface area contributed by atoms with Gasteiger partial charge in [-0.1, -0.05) is 12.1 Å². The number of benzene rings is 1. The van der Waals surface area contributed by atoms with Crippen molar-refractivity contribution in [1.29, 1.82) is 0 Å². The van der Waals surface area contributed by atoms with E-state index < -0.39 is 10.1 Å². The number of hydrogen-bond donors (Lipinski definition) is 2. The lowest BCUT2D eigenvalue weighted by Crippen LogP contribution is -2.01. The van der Waals surface area contributed by atoms with Crippen LogP contribution in [0.2, 0.25) is 0 Å². The zero-order valence-corrected chi connectivity index (χ0v) is 8.06. The Bertz CT molecular complexity index is 375. The predicted octanol–water partition coefficient (Wildman–Crippen LogP) is 1.53. The average molecular weight is 204 g/mol. The minimum Gasteiger partial charge on any atom is -0.282 e. The van der Waals surface area contributed by atoms with E-state index in [-0.39, 0.29) is 9.79 Å². The molecule has 0 heterocycles. The van der Waals surface area contributed by atoms with Crippen LogP contribution in [0.15, 0.2) is 28.0 Å². The van der Waals surface area contributed by atoms with Gasteiger partial charge >= 0.3 is 0 Å². The predicted molar refractivity (Wildman–Crippen MR) is 48.2 cm³/mol. The molecule has 1 aromatic carbocycles. The van der Waals surface area contributed by atoms with Gasteiger partial charge in [-0.15, -0.1) is 12.6 Å². The molecule has 12 heavy (non-hydrogen) atoms. The molecule has 0 fully saturated rings. The molecule has 0 saturated heterocycles. The van der Waals surface area contributed by atoms with Gasteiger partial charge in [0.25, 0.3) is 10.1 Å². The minimum atomic E-state index is -4.14. The normalized spacial score (nSPS) is 11.6. The Balaban J connectivity index is 3.53. The van der Waals surface area contributed by atoms with Crippen LogP contribution in [0.25, 0.3) is 0 Å². The highest BCUT2D eigenvalue weighted by Crippen LogP contribution is 2.22. The van der Waals surface area contributed by atoms with Gasteiger partial charge in [0.2, 0.25) is 0 Å². The van der Waals surface area contributed by atoms with Crippen LogP contribution in [0.1, 0.15) is 5.56 Å². The molecule has 0 bridgehead atoms. The fourth-order valence-corrected chi connectivity index (χ4v) is 2.39. The average Bonchev–Trinajstić information content (AvgIpc) is 1.82. The molecule has 66 valence electrons. The molecule has 5 heteroatoms. The summed E-state index contributed by atoms with van der Waals surface area (Å²) in [4.78, 5) is 0.144. The van der Waals surface area contributed by atoms with Crippen molar-refractivity contribution in [1.82, 2.24) is 0 Å². The maximum absolute atomic E-state index is 10.8. The standard InChI is InChI=1S/C7H8O3S2/c1-5-3-2-4-6(11)7(5)12(8,9)10/h2-4,11H,1H3,(H,8,9,10). The summed E-state index contributed by atoms with van der Waals surface area (Å²) in [5, 5.41) is 0. The molecule has 0 aromatic heterocycles. The second kappa shape index (κ2) is 3.08. The third kappa shape index (κ3) is 1.80. The van der Waals surface area contributed by atoms with Crippen molar-refractivity contribution >= 4 is 22.7 Å². The van der Waals surface area contributed by atoms with Gasteiger partial charge in [-0.3, -0.25) is 4.55 Å². The number of aryl methyl sites for hydroxylation is 1. The van der Waals surface area contributed by atoms with Gasteiger partial charge in [-0.05, 0) is 18.6 Å². The van der Waals surface area contributed by atoms with Crippen LogP contribution in [-0.4, -0.2) is 13.0 Å². The molecule has 1 aromatic rings. The topological polar surface area (TPSA) is 54.4 Å². The van der Waals surface area contributed by atoms with Crippen molar-refractivity contribution in [2.75, 3.05) is 0 Å². The summed E-state index contributed by atoms with van der Waals surface area (Å²) in [5.74, 6) is 0. The summed E-state index contributed by atoms with van der Waals surface area (Å²) < 4.78 is 30.3. The van der Waals surface area contributed by atoms with E-state index in [9.17, 15) is 8.42 Å². The van der Waals surface area contributed by atoms with Gasteiger partial charge in [0.15, 0.2) is 0 Å². The van der Waals surface area contributed by atoms with Crippen LogP contribution in [0.3, 0.4) is 0 Å². The van der Waals surface area contributed by atoms with Crippen LogP contribution in [-0.2, 0) is 10.1 Å². The molecule has 0 aliphatic carbocycles. The van der Waals surface area contributed by atoms with E-state index in [2.05, 4.69) is 12.6 Å². The molecule has 1 rings (SSSR count). The molecule has 0 amide bonds. The van der Waals surface area contributed by atoms with Gasteiger partial charge in [-0.25, -0.2) is 0 Å². The Morgan fingerprint density at radius 2 is 2.00 bits per heavy atom. The lowest BCUT2D eigenvalue weighted by atomic mass is 10.2. The van der Waals surface area contributed by atoms with Crippen LogP contribution in [0.4, 0.5) is 0 Å². The molecule has 0 atom stereocenters. The molecular weight excluding hydrogens is 196 g/mol. The Morgan fingerprint density at radius 3 is 2.33 bits per heavy atom. The van der Waals surface area contributed by atoms with E-state index in [1.54, 1.807) is 19.1 Å². The van der Waals surface area contributed by atoms with E-state index in [0.29, 0.717) is 5.56 Å². The summed E-state index contributed by atoms with van der Waals surface area (Å²) in [6.45, 7) is 1.60. The second-order valence-corrected chi connectivity index (χ2v) is 4.24. The van der Waals surface area contributed by atoms with E-state index in [4.69, 9.17) is 4.55 Å². The van der Waals surface area contributed by atoms with Crippen LogP contribution >= 0.6 is 12.6 Å². The maximum Gasteiger partial charge on any atom is 0.295 e. The fraction of sp³-hybridized carbons (Fsp3) is 0.143. The maximum atomic E-state index is 10.8. The molecule has 0 radical (unpaired) electrons. The van der Waals surface area contributed by atoms with E-state index in [0.717, 1.165) is 0 Å². The van der Waals surface area contributed by atoms with E-state index in [1.165, 1.54) is 6.07 Å². The Labute approximate surface area is 76.6 Å². The van der Waals surface area contributed by atoms with Crippen LogP contribution in [0.5, 0.6) is 0 Å². The Morgan fingerprint density at radius 1 is 1.42 bits per heavy atom. The Hall–Kier alpha value is -0.520. The highest BCUT2D eigenvalue weighted by atomic mass is 32.2. The van der Waals surface area contributed by atoms with Gasteiger partial charge in [0.05, 0.1) is 0 Å². The highest BCUT2D eigenvalue weighted by molar-refractivity contribution is 7.87. The van der Waals surface area contributed by atoms with Crippen LogP contribution < -0.4 is 0 Å². The summed E-state index contributed by atoms with van der Waals surface area (Å²) in [5.41, 5.74) is 0.491. The van der Waals surface area contributed by atoms with Gasteiger partial charge < -0.3 is 0 Å². The fourth-order valence-electron chi connectivity index (χ4n) is 0.973. The number of hydrogen-bond acceptors (Lipinski definition) is 3. The number of rotatable bonds is 1. The first-order valence-electron chi connectivity index (χ1n) is 3.19. The molecule has 0 aliphatic heterocycles. The third-order valence-corrected chi connectivity index (χ3v) is 3.03. The summed E-state index contributed by atoms with van der Waals surface area (Å²) >= 11 is 3.92. The van der Waals surface area contributed by atoms with Crippen molar-refractivity contribution < 1.29 is 13.0 Å². The van der Waals surface area contributed by atoms with Crippen molar-refractivity contribution in [2.45, 2.75) is 16.7 Å². The number of thiol groups is 1. The first-order valence-corrected chi connectivity index (χ1v) is 5.07. The second-order valence-electron chi connectivity index (χ2n) is 2.40. The minimum absolute atomic E-state index is 0.117. The smallest absolute Gasteiger partial charge is 0.282 e. The van der Waals surface area contributed by atoms with Gasteiger partial charge in [-0.2, -0.15) is 8.42 Å². The lowest BCUT2D eigenvalue weighted by molar-refractivity contribution is 0.480. The molecule has 0 unspecified atom stereocenters. The largest absolute Gasteiger partial charge is 0.295 e. The van der Waals surface area contributed by atoms with Crippen molar-refractivity contribution in [3.8, 4) is 0 Å². The van der Waals surface area contributed by atoms with Crippen molar-refractivity contribution in [3.63, 3.8) is 0 Å². The summed E-state index contributed by atoms with van der Waals surface area (Å²) in [6, 6.07) is 4.79. The SMILES string of the molecule is Cc1cccc(S)c1S(=O)(=O)O. The van der Waals surface area contributed by atoms with E-state index >= 15 is 0 Å². The summed E-state index contributed by atoms with van der Waals surface area (Å²) in [6.07, 6.45) is 0. The molecular formula is C7H8O3S2. The quantitative estimate of drug-likeness (QED) is 0.539. The summed E-state index contributed by atoms with van der Waals surface area (Å²) in [7, 11) is -4.14. The van der Waals surface area contributed by atoms with E-state index in [1.807, 2.05) is 0 Å². The molecule has 0 aliphatic rings. The molecule has 3 nitrogen and oxygen atoms in total. The third-order valence-electron chi connectivity index (χ3n) is 1.45. The van der Waals surface area contributed by atoms with Gasteiger partial charge in [0.1, 0.15) is 4.90 Å².